The van der Waals surface area contributed by atoms with Crippen molar-refractivity contribution in [3.63, 3.8) is 0 Å². The van der Waals surface area contributed by atoms with Gasteiger partial charge in [0.05, 0.1) is 40.3 Å². The Balaban J connectivity index is 1.44. The van der Waals surface area contributed by atoms with E-state index >= 15 is 0 Å². The molecule has 6 heteroatoms. The van der Waals surface area contributed by atoms with Crippen LogP contribution in [-0.2, 0) is 0 Å². The van der Waals surface area contributed by atoms with Crippen molar-refractivity contribution < 1.29 is 0 Å². The molecule has 0 atom stereocenters. The molecule has 38 heavy (non-hydrogen) atoms. The van der Waals surface area contributed by atoms with E-state index in [4.69, 9.17) is 15.0 Å². The Morgan fingerprint density at radius 1 is 0.632 bits per heavy atom. The molecule has 5 heterocycles. The zero-order chi connectivity index (χ0) is 25.1. The van der Waals surface area contributed by atoms with Gasteiger partial charge in [-0.15, -0.1) is 11.3 Å². The SMILES string of the molecule is c1ccc(-c2ccc3c(n2)c2c4sc5ccccc5c4ccc2n3-c2cnc(-c3ccncc3)nc2)cc1. The van der Waals surface area contributed by atoms with Crippen molar-refractivity contribution in [2.45, 2.75) is 0 Å². The summed E-state index contributed by atoms with van der Waals surface area (Å²) in [5.74, 6) is 0.674. The van der Waals surface area contributed by atoms with Crippen LogP contribution in [0.25, 0.3) is 70.4 Å². The van der Waals surface area contributed by atoms with Gasteiger partial charge in [-0.05, 0) is 36.4 Å². The first-order valence-corrected chi connectivity index (χ1v) is 13.2. The van der Waals surface area contributed by atoms with E-state index in [1.165, 1.54) is 20.2 Å². The number of fused-ring (bicyclic) bond motifs is 7. The summed E-state index contributed by atoms with van der Waals surface area (Å²) in [6, 6.07) is 31.5. The Hall–Kier alpha value is -4.94. The topological polar surface area (TPSA) is 56.5 Å². The Labute approximate surface area is 221 Å². The molecule has 0 saturated heterocycles. The predicted molar refractivity (Wildman–Crippen MR) is 156 cm³/mol. The first kappa shape index (κ1) is 21.2. The maximum absolute atomic E-state index is 5.24. The average Bonchev–Trinajstić information content (AvgIpc) is 3.53. The molecule has 0 radical (unpaired) electrons. The third kappa shape index (κ3) is 3.17. The normalized spacial score (nSPS) is 11.7. The van der Waals surface area contributed by atoms with E-state index < -0.39 is 0 Å². The second kappa shape index (κ2) is 8.30. The van der Waals surface area contributed by atoms with Gasteiger partial charge in [0.2, 0.25) is 0 Å². The Morgan fingerprint density at radius 2 is 1.39 bits per heavy atom. The molecule has 0 aliphatic heterocycles. The standard InChI is InChI=1S/C32H19N5S/c1-2-6-20(7-3-1)25-11-13-27-30(36-25)29-26(12-10-24-23-8-4-5-9-28(23)38-31(24)29)37(27)22-18-34-32(35-19-22)21-14-16-33-17-15-21/h1-19H. The summed E-state index contributed by atoms with van der Waals surface area (Å²) in [5.41, 5.74) is 7.01. The Bertz CT molecular complexity index is 2110. The zero-order valence-electron chi connectivity index (χ0n) is 20.1. The third-order valence-electron chi connectivity index (χ3n) is 7.02. The van der Waals surface area contributed by atoms with Crippen LogP contribution in [0.1, 0.15) is 0 Å². The van der Waals surface area contributed by atoms with E-state index in [2.05, 4.69) is 82.3 Å². The van der Waals surface area contributed by atoms with Crippen molar-refractivity contribution in [1.82, 2.24) is 24.5 Å². The first-order chi connectivity index (χ1) is 18.8. The average molecular weight is 506 g/mol. The minimum Gasteiger partial charge on any atom is -0.305 e. The molecule has 8 aromatic rings. The van der Waals surface area contributed by atoms with Gasteiger partial charge >= 0.3 is 0 Å². The summed E-state index contributed by atoms with van der Waals surface area (Å²) >= 11 is 1.83. The second-order valence-corrected chi connectivity index (χ2v) is 10.3. The number of benzene rings is 3. The lowest BCUT2D eigenvalue weighted by Gasteiger charge is -2.08. The summed E-state index contributed by atoms with van der Waals surface area (Å²) in [6.45, 7) is 0. The molecule has 0 spiro atoms. The minimum absolute atomic E-state index is 0.674. The fourth-order valence-electron chi connectivity index (χ4n) is 5.27. The number of thiophene rings is 1. The van der Waals surface area contributed by atoms with Crippen LogP contribution in [0.3, 0.4) is 0 Å². The number of hydrogen-bond donors (Lipinski definition) is 0. The molecule has 0 aliphatic carbocycles. The van der Waals surface area contributed by atoms with Gasteiger partial charge in [0.25, 0.3) is 0 Å². The molecule has 5 nitrogen and oxygen atoms in total. The van der Waals surface area contributed by atoms with Gasteiger partial charge < -0.3 is 4.57 Å². The van der Waals surface area contributed by atoms with Crippen molar-refractivity contribution in [3.05, 3.63) is 116 Å². The summed E-state index contributed by atoms with van der Waals surface area (Å²) in [6.07, 6.45) is 7.29. The Morgan fingerprint density at radius 3 is 2.24 bits per heavy atom. The van der Waals surface area contributed by atoms with Crippen LogP contribution in [0.2, 0.25) is 0 Å². The minimum atomic E-state index is 0.674. The van der Waals surface area contributed by atoms with Gasteiger partial charge in [0.1, 0.15) is 0 Å². The molecule has 0 fully saturated rings. The highest BCUT2D eigenvalue weighted by Gasteiger charge is 2.19. The van der Waals surface area contributed by atoms with Crippen molar-refractivity contribution in [2.24, 2.45) is 0 Å². The van der Waals surface area contributed by atoms with Crippen LogP contribution in [0.4, 0.5) is 0 Å². The molecule has 0 aliphatic rings. The summed E-state index contributed by atoms with van der Waals surface area (Å²) in [5, 5.41) is 3.70. The fraction of sp³-hybridized carbons (Fsp3) is 0. The quantitative estimate of drug-likeness (QED) is 0.244. The molecule has 3 aromatic carbocycles. The van der Waals surface area contributed by atoms with Crippen LogP contribution < -0.4 is 0 Å². The van der Waals surface area contributed by atoms with Gasteiger partial charge in [0, 0.05) is 49.1 Å². The largest absolute Gasteiger partial charge is 0.305 e. The van der Waals surface area contributed by atoms with Gasteiger partial charge in [0.15, 0.2) is 5.82 Å². The van der Waals surface area contributed by atoms with Crippen LogP contribution in [0.15, 0.2) is 116 Å². The highest BCUT2D eigenvalue weighted by Crippen LogP contribution is 2.43. The van der Waals surface area contributed by atoms with Crippen molar-refractivity contribution in [2.75, 3.05) is 0 Å². The maximum Gasteiger partial charge on any atom is 0.159 e. The lowest BCUT2D eigenvalue weighted by atomic mass is 10.1. The molecule has 0 bridgehead atoms. The van der Waals surface area contributed by atoms with Gasteiger partial charge in [-0.2, -0.15) is 0 Å². The molecule has 0 unspecified atom stereocenters. The van der Waals surface area contributed by atoms with Crippen molar-refractivity contribution in [1.29, 1.82) is 0 Å². The van der Waals surface area contributed by atoms with E-state index in [9.17, 15) is 0 Å². The molecule has 8 rings (SSSR count). The van der Waals surface area contributed by atoms with Gasteiger partial charge in [-0.25, -0.2) is 15.0 Å². The highest BCUT2D eigenvalue weighted by atomic mass is 32.1. The van der Waals surface area contributed by atoms with Crippen LogP contribution in [0.5, 0.6) is 0 Å². The van der Waals surface area contributed by atoms with Crippen molar-refractivity contribution >= 4 is 53.4 Å². The highest BCUT2D eigenvalue weighted by molar-refractivity contribution is 7.26. The maximum atomic E-state index is 5.24. The summed E-state index contributed by atoms with van der Waals surface area (Å²) in [4.78, 5) is 18.8. The van der Waals surface area contributed by atoms with E-state index in [-0.39, 0.29) is 0 Å². The molecular formula is C32H19N5S. The molecule has 0 saturated carbocycles. The number of aromatic nitrogens is 5. The summed E-state index contributed by atoms with van der Waals surface area (Å²) in [7, 11) is 0. The summed E-state index contributed by atoms with van der Waals surface area (Å²) < 4.78 is 4.76. The number of nitrogens with zero attached hydrogens (tertiary/aromatic N) is 5. The zero-order valence-corrected chi connectivity index (χ0v) is 20.9. The lowest BCUT2D eigenvalue weighted by molar-refractivity contribution is 1.08. The molecular weight excluding hydrogens is 486 g/mol. The molecule has 5 aromatic heterocycles. The smallest absolute Gasteiger partial charge is 0.159 e. The van der Waals surface area contributed by atoms with E-state index in [0.717, 1.165) is 44.4 Å². The molecule has 0 N–H and O–H groups in total. The van der Waals surface area contributed by atoms with E-state index in [1.54, 1.807) is 12.4 Å². The van der Waals surface area contributed by atoms with E-state index in [1.807, 2.05) is 41.9 Å². The van der Waals surface area contributed by atoms with Gasteiger partial charge in [-0.1, -0.05) is 54.6 Å². The van der Waals surface area contributed by atoms with Gasteiger partial charge in [-0.3, -0.25) is 4.98 Å². The molecule has 178 valence electrons. The van der Waals surface area contributed by atoms with Crippen LogP contribution in [0, 0.1) is 0 Å². The monoisotopic (exact) mass is 505 g/mol. The number of hydrogen-bond acceptors (Lipinski definition) is 5. The second-order valence-electron chi connectivity index (χ2n) is 9.20. The van der Waals surface area contributed by atoms with Crippen LogP contribution in [-0.4, -0.2) is 24.5 Å². The van der Waals surface area contributed by atoms with E-state index in [0.29, 0.717) is 5.82 Å². The lowest BCUT2D eigenvalue weighted by Crippen LogP contribution is -1.98. The predicted octanol–water partition coefficient (Wildman–Crippen LogP) is 8.07. The third-order valence-corrected chi connectivity index (χ3v) is 8.23. The number of rotatable bonds is 3. The number of pyridine rings is 2. The van der Waals surface area contributed by atoms with Crippen LogP contribution >= 0.6 is 11.3 Å². The van der Waals surface area contributed by atoms with Crippen molar-refractivity contribution in [3.8, 4) is 28.3 Å². The fourth-order valence-corrected chi connectivity index (χ4v) is 6.52. The Kier molecular flexibility index (Phi) is 4.62. The first-order valence-electron chi connectivity index (χ1n) is 12.4. The molecule has 0 amide bonds.